The van der Waals surface area contributed by atoms with Gasteiger partial charge in [-0.2, -0.15) is 0 Å². The van der Waals surface area contributed by atoms with Gasteiger partial charge >= 0.3 is 0 Å². The second-order valence-electron chi connectivity index (χ2n) is 14.6. The fourth-order valence-corrected chi connectivity index (χ4v) is 9.09. The van der Waals surface area contributed by atoms with Gasteiger partial charge in [0.1, 0.15) is 28.9 Å². The molecule has 45 heavy (non-hydrogen) atoms. The number of anilines is 1. The number of aliphatic imine (C=N–C) groups is 1. The molecule has 4 atom stereocenters. The van der Waals surface area contributed by atoms with E-state index in [2.05, 4.69) is 66.5 Å². The molecule has 1 saturated heterocycles. The van der Waals surface area contributed by atoms with Crippen molar-refractivity contribution >= 4 is 21.7 Å². The Morgan fingerprint density at radius 3 is 2.78 bits per heavy atom. The van der Waals surface area contributed by atoms with Crippen molar-refractivity contribution in [2.75, 3.05) is 45.6 Å². The Hall–Kier alpha value is -2.95. The quantitative estimate of drug-likeness (QED) is 0.444. The van der Waals surface area contributed by atoms with Gasteiger partial charge in [0.2, 0.25) is 10.0 Å². The van der Waals surface area contributed by atoms with Crippen molar-refractivity contribution in [2.45, 2.75) is 71.2 Å². The molecule has 4 heterocycles. The topological polar surface area (TPSA) is 113 Å². The van der Waals surface area contributed by atoms with Gasteiger partial charge in [0, 0.05) is 49.1 Å². The van der Waals surface area contributed by atoms with Gasteiger partial charge in [-0.25, -0.2) is 23.1 Å². The van der Waals surface area contributed by atoms with Gasteiger partial charge in [0.15, 0.2) is 0 Å². The number of fused-ring (bicyclic) bond motifs is 2. The summed E-state index contributed by atoms with van der Waals surface area (Å²) in [4.78, 5) is 14.2. The predicted molar refractivity (Wildman–Crippen MR) is 180 cm³/mol. The number of amidine groups is 1. The Morgan fingerprint density at radius 1 is 1.16 bits per heavy atom. The van der Waals surface area contributed by atoms with Crippen molar-refractivity contribution in [3.63, 3.8) is 0 Å². The molecule has 3 aliphatic heterocycles. The lowest BCUT2D eigenvalue weighted by Gasteiger charge is -2.45. The Morgan fingerprint density at radius 2 is 1.98 bits per heavy atom. The zero-order valence-electron chi connectivity index (χ0n) is 27.6. The lowest BCUT2D eigenvalue weighted by Crippen LogP contribution is -2.45. The maximum Gasteiger partial charge on any atom is 0.244 e. The molecule has 0 bridgehead atoms. The molecule has 244 valence electrons. The first-order valence-electron chi connectivity index (χ1n) is 16.6. The number of aromatic nitrogens is 1. The third-order valence-electron chi connectivity index (χ3n) is 10.7. The number of sulfonamides is 1. The number of nitrogens with two attached hydrogens (primary N) is 1. The minimum atomic E-state index is -3.83. The molecule has 1 aromatic carbocycles. The maximum absolute atomic E-state index is 13.4. The summed E-state index contributed by atoms with van der Waals surface area (Å²) in [7, 11) is -1.75. The summed E-state index contributed by atoms with van der Waals surface area (Å²) in [6.45, 7) is 13.7. The van der Waals surface area contributed by atoms with E-state index in [4.69, 9.17) is 15.5 Å². The number of benzene rings is 1. The maximum atomic E-state index is 13.4. The number of allylic oxidation sites excluding steroid dienone is 1. The summed E-state index contributed by atoms with van der Waals surface area (Å²) in [5, 5.41) is 0. The van der Waals surface area contributed by atoms with Crippen LogP contribution in [0.15, 0.2) is 52.1 Å². The van der Waals surface area contributed by atoms with Crippen LogP contribution in [-0.2, 0) is 16.6 Å². The first kappa shape index (κ1) is 32.0. The summed E-state index contributed by atoms with van der Waals surface area (Å²) in [6, 6.07) is 7.71. The highest BCUT2D eigenvalue weighted by molar-refractivity contribution is 7.89. The van der Waals surface area contributed by atoms with Gasteiger partial charge < -0.3 is 20.3 Å². The Balaban J connectivity index is 1.26. The van der Waals surface area contributed by atoms with Crippen LogP contribution in [0.5, 0.6) is 5.75 Å². The molecule has 4 unspecified atom stereocenters. The molecule has 0 spiro atoms. The molecule has 10 heteroatoms. The number of hydrogen-bond acceptors (Lipinski definition) is 8. The number of ether oxygens (including phenoxy) is 1. The molecule has 1 aromatic heterocycles. The Bertz CT molecular complexity index is 1590. The summed E-state index contributed by atoms with van der Waals surface area (Å²) < 4.78 is 35.9. The molecule has 1 aliphatic carbocycles. The second kappa shape index (κ2) is 12.7. The van der Waals surface area contributed by atoms with Crippen LogP contribution in [0.1, 0.15) is 65.4 Å². The van der Waals surface area contributed by atoms with Crippen LogP contribution in [0.3, 0.4) is 0 Å². The highest BCUT2D eigenvalue weighted by atomic mass is 32.2. The molecule has 4 aliphatic rings. The summed E-state index contributed by atoms with van der Waals surface area (Å²) >= 11 is 0. The van der Waals surface area contributed by atoms with Gasteiger partial charge in [-0.05, 0) is 99.6 Å². The third-order valence-corrected chi connectivity index (χ3v) is 12.1. The highest BCUT2D eigenvalue weighted by Gasteiger charge is 2.42. The Kier molecular flexibility index (Phi) is 9.02. The van der Waals surface area contributed by atoms with Crippen LogP contribution in [0.25, 0.3) is 11.1 Å². The molecule has 0 amide bonds. The lowest BCUT2D eigenvalue weighted by atomic mass is 9.62. The first-order chi connectivity index (χ1) is 21.4. The first-order valence-corrected chi connectivity index (χ1v) is 18.1. The van der Waals surface area contributed by atoms with E-state index >= 15 is 0 Å². The number of rotatable bonds is 5. The molecular weight excluding hydrogens is 584 g/mol. The minimum absolute atomic E-state index is 0.00481. The van der Waals surface area contributed by atoms with Crippen LogP contribution < -0.4 is 15.2 Å². The summed E-state index contributed by atoms with van der Waals surface area (Å²) in [5.74, 6) is 3.81. The van der Waals surface area contributed by atoms with Gasteiger partial charge in [-0.1, -0.05) is 32.4 Å². The van der Waals surface area contributed by atoms with Gasteiger partial charge in [-0.15, -0.1) is 0 Å². The SMILES string of the molecule is CC1=CN=C(N2CCOc3ccc(-c4cnc(N)c(S(=O)(=O)NCC5CCCN(C)C5)c4)cc3C2)C2CC(C)(C)CCC2C1C. The van der Waals surface area contributed by atoms with Crippen LogP contribution in [0.4, 0.5) is 5.82 Å². The lowest BCUT2D eigenvalue weighted by molar-refractivity contribution is 0.122. The smallest absolute Gasteiger partial charge is 0.244 e. The van der Waals surface area contributed by atoms with E-state index in [1.54, 1.807) is 12.3 Å². The largest absolute Gasteiger partial charge is 0.491 e. The van der Waals surface area contributed by atoms with Crippen LogP contribution >= 0.6 is 0 Å². The van der Waals surface area contributed by atoms with E-state index < -0.39 is 10.0 Å². The average molecular weight is 635 g/mol. The Labute approximate surface area is 269 Å². The molecule has 2 fully saturated rings. The van der Waals surface area contributed by atoms with Crippen molar-refractivity contribution in [1.82, 2.24) is 19.5 Å². The minimum Gasteiger partial charge on any atom is -0.491 e. The van der Waals surface area contributed by atoms with Crippen molar-refractivity contribution in [3.8, 4) is 16.9 Å². The van der Waals surface area contributed by atoms with Gasteiger partial charge in [0.05, 0.1) is 6.54 Å². The highest BCUT2D eigenvalue weighted by Crippen LogP contribution is 2.48. The van der Waals surface area contributed by atoms with E-state index in [1.165, 1.54) is 24.3 Å². The predicted octanol–water partition coefficient (Wildman–Crippen LogP) is 5.54. The number of nitrogen functional groups attached to an aromatic ring is 1. The van der Waals surface area contributed by atoms with Crippen LogP contribution in [-0.4, -0.2) is 68.9 Å². The molecule has 0 radical (unpaired) electrons. The van der Waals surface area contributed by atoms with Crippen molar-refractivity contribution < 1.29 is 13.2 Å². The second-order valence-corrected chi connectivity index (χ2v) is 16.4. The van der Waals surface area contributed by atoms with Crippen molar-refractivity contribution in [3.05, 3.63) is 47.8 Å². The van der Waals surface area contributed by atoms with E-state index in [0.29, 0.717) is 43.0 Å². The van der Waals surface area contributed by atoms with E-state index in [0.717, 1.165) is 55.8 Å². The zero-order chi connectivity index (χ0) is 31.9. The van der Waals surface area contributed by atoms with Gasteiger partial charge in [0.25, 0.3) is 0 Å². The zero-order valence-corrected chi connectivity index (χ0v) is 28.4. The average Bonchev–Trinajstić information content (AvgIpc) is 3.27. The summed E-state index contributed by atoms with van der Waals surface area (Å²) in [6.07, 6.45) is 9.42. The van der Waals surface area contributed by atoms with E-state index in [-0.39, 0.29) is 22.0 Å². The van der Waals surface area contributed by atoms with E-state index in [9.17, 15) is 8.42 Å². The number of hydrogen-bond donors (Lipinski definition) is 2. The fourth-order valence-electron chi connectivity index (χ4n) is 7.87. The molecule has 2 aromatic rings. The standard InChI is InChI=1S/C35H50N6O3S/c1-23-18-38-34(30-17-35(3,4)11-10-29(30)24(23)2)41-13-14-44-31-9-8-26(15-28(31)22-41)27-16-32(33(36)37-20-27)45(42,43)39-19-25-7-6-12-40(5)21-25/h8-9,15-16,18,20,24-25,29-30,39H,6-7,10-14,17,19,21-22H2,1-5H3,(H2,36,37). The van der Waals surface area contributed by atoms with Crippen LogP contribution in [0, 0.1) is 29.1 Å². The monoisotopic (exact) mass is 634 g/mol. The number of nitrogens with zero attached hydrogens (tertiary/aromatic N) is 4. The van der Waals surface area contributed by atoms with Crippen molar-refractivity contribution in [2.24, 2.45) is 34.1 Å². The number of nitrogens with one attached hydrogen (secondary N) is 1. The molecule has 6 rings (SSSR count). The number of likely N-dealkylation sites (tertiary alicyclic amines) is 1. The number of piperidine rings is 1. The molecule has 9 nitrogen and oxygen atoms in total. The molecular formula is C35H50N6O3S. The molecule has 3 N–H and O–H groups in total. The van der Waals surface area contributed by atoms with Gasteiger partial charge in [-0.3, -0.25) is 0 Å². The third kappa shape index (κ3) is 6.93. The summed E-state index contributed by atoms with van der Waals surface area (Å²) in [5.41, 5.74) is 10.4. The van der Waals surface area contributed by atoms with Crippen molar-refractivity contribution in [1.29, 1.82) is 0 Å². The van der Waals surface area contributed by atoms with E-state index in [1.807, 2.05) is 12.1 Å². The van der Waals surface area contributed by atoms with Crippen LogP contribution in [0.2, 0.25) is 0 Å². The normalized spacial score (nSPS) is 27.3. The number of pyridine rings is 1. The fraction of sp³-hybridized carbons (Fsp3) is 0.600. The molecule has 1 saturated carbocycles.